The van der Waals surface area contributed by atoms with Gasteiger partial charge in [-0.15, -0.1) is 15.3 Å². The minimum absolute atomic E-state index is 0.0908. The monoisotopic (exact) mass is 405 g/mol. The first-order valence-electron chi connectivity index (χ1n) is 10.8. The first kappa shape index (κ1) is 19.0. The average Bonchev–Trinajstić information content (AvgIpc) is 3.32. The Morgan fingerprint density at radius 1 is 1.07 bits per heavy atom. The number of hydrogen-bond acceptors (Lipinski definition) is 5. The van der Waals surface area contributed by atoms with Crippen LogP contribution >= 0.6 is 0 Å². The van der Waals surface area contributed by atoms with E-state index in [-0.39, 0.29) is 11.8 Å². The van der Waals surface area contributed by atoms with Gasteiger partial charge in [-0.25, -0.2) is 9.67 Å². The van der Waals surface area contributed by atoms with Crippen molar-refractivity contribution in [3.63, 3.8) is 0 Å². The number of carbonyl (C=O) groups is 1. The van der Waals surface area contributed by atoms with Crippen LogP contribution in [-0.2, 0) is 0 Å². The highest BCUT2D eigenvalue weighted by Crippen LogP contribution is 2.40. The summed E-state index contributed by atoms with van der Waals surface area (Å²) in [7, 11) is 0. The van der Waals surface area contributed by atoms with Gasteiger partial charge in [-0.05, 0) is 51.7 Å². The van der Waals surface area contributed by atoms with E-state index in [0.29, 0.717) is 24.3 Å². The molecule has 8 heteroatoms. The number of nitrogens with zero attached hydrogens (tertiary/aromatic N) is 7. The van der Waals surface area contributed by atoms with Gasteiger partial charge in [-0.3, -0.25) is 4.79 Å². The highest BCUT2D eigenvalue weighted by Gasteiger charge is 2.34. The third kappa shape index (κ3) is 3.51. The molecule has 1 aliphatic heterocycles. The maximum absolute atomic E-state index is 13.3. The van der Waals surface area contributed by atoms with E-state index in [9.17, 15) is 4.79 Å². The highest BCUT2D eigenvalue weighted by atomic mass is 16.2. The Morgan fingerprint density at radius 3 is 2.60 bits per heavy atom. The summed E-state index contributed by atoms with van der Waals surface area (Å²) in [5.41, 5.74) is 0.951. The van der Waals surface area contributed by atoms with Crippen LogP contribution in [0.1, 0.15) is 79.7 Å². The molecule has 0 spiro atoms. The highest BCUT2D eigenvalue weighted by molar-refractivity contribution is 5.90. The smallest absolute Gasteiger partial charge is 0.293 e. The summed E-state index contributed by atoms with van der Waals surface area (Å²) >= 11 is 0. The zero-order valence-electron chi connectivity index (χ0n) is 17.5. The molecule has 2 aliphatic rings. The summed E-state index contributed by atoms with van der Waals surface area (Å²) < 4.78 is 3.95. The van der Waals surface area contributed by atoms with Crippen LogP contribution in [0.25, 0.3) is 5.69 Å². The lowest BCUT2D eigenvalue weighted by Gasteiger charge is -2.32. The van der Waals surface area contributed by atoms with Crippen molar-refractivity contribution in [1.29, 1.82) is 0 Å². The van der Waals surface area contributed by atoms with Crippen molar-refractivity contribution in [2.45, 2.75) is 57.4 Å². The van der Waals surface area contributed by atoms with Gasteiger partial charge in [0.1, 0.15) is 18.0 Å². The summed E-state index contributed by atoms with van der Waals surface area (Å²) in [6.45, 7) is 5.60. The van der Waals surface area contributed by atoms with Gasteiger partial charge >= 0.3 is 0 Å². The second-order valence-corrected chi connectivity index (χ2v) is 8.60. The van der Waals surface area contributed by atoms with E-state index in [1.165, 1.54) is 0 Å². The van der Waals surface area contributed by atoms with Gasteiger partial charge in [0.15, 0.2) is 0 Å². The summed E-state index contributed by atoms with van der Waals surface area (Å²) in [4.78, 5) is 19.9. The number of para-hydroxylation sites is 1. The van der Waals surface area contributed by atoms with E-state index in [4.69, 9.17) is 0 Å². The minimum Gasteiger partial charge on any atom is -0.335 e. The second kappa shape index (κ2) is 7.66. The number of likely N-dealkylation sites (tertiary alicyclic amines) is 1. The van der Waals surface area contributed by atoms with Crippen LogP contribution in [0.2, 0.25) is 0 Å². The SMILES string of the molecule is CC(C)n1cnnc1C1CCCN(C(=O)c2nc(C3CC3)n(-c3ccccc3)n2)C1. The molecule has 2 aromatic heterocycles. The number of hydrogen-bond donors (Lipinski definition) is 0. The van der Waals surface area contributed by atoms with Crippen molar-refractivity contribution in [2.75, 3.05) is 13.1 Å². The zero-order chi connectivity index (χ0) is 20.7. The Kier molecular flexibility index (Phi) is 4.84. The Balaban J connectivity index is 1.40. The topological polar surface area (TPSA) is 81.7 Å². The summed E-state index contributed by atoms with van der Waals surface area (Å²) in [6, 6.07) is 10.2. The average molecular weight is 406 g/mol. The molecule has 1 aromatic carbocycles. The van der Waals surface area contributed by atoms with Crippen LogP contribution in [0, 0.1) is 0 Å². The fourth-order valence-electron chi connectivity index (χ4n) is 4.24. The van der Waals surface area contributed by atoms with Gasteiger partial charge in [0.25, 0.3) is 5.91 Å². The predicted octanol–water partition coefficient (Wildman–Crippen LogP) is 3.34. The maximum atomic E-state index is 13.3. The molecule has 156 valence electrons. The van der Waals surface area contributed by atoms with Crippen LogP contribution in [0.5, 0.6) is 0 Å². The number of benzene rings is 1. The van der Waals surface area contributed by atoms with Crippen molar-refractivity contribution in [3.8, 4) is 5.69 Å². The van der Waals surface area contributed by atoms with Crippen LogP contribution < -0.4 is 0 Å². The minimum atomic E-state index is -0.0908. The molecule has 1 aliphatic carbocycles. The number of piperidine rings is 1. The zero-order valence-corrected chi connectivity index (χ0v) is 17.5. The fourth-order valence-corrected chi connectivity index (χ4v) is 4.24. The molecule has 3 heterocycles. The van der Waals surface area contributed by atoms with E-state index in [1.807, 2.05) is 39.9 Å². The summed E-state index contributed by atoms with van der Waals surface area (Å²) in [5.74, 6) is 2.66. The molecule has 1 amide bonds. The van der Waals surface area contributed by atoms with Gasteiger partial charge in [-0.1, -0.05) is 18.2 Å². The van der Waals surface area contributed by atoms with Crippen LogP contribution in [0.15, 0.2) is 36.7 Å². The van der Waals surface area contributed by atoms with Gasteiger partial charge in [0.2, 0.25) is 5.82 Å². The molecule has 5 rings (SSSR count). The van der Waals surface area contributed by atoms with E-state index in [1.54, 1.807) is 6.33 Å². The van der Waals surface area contributed by atoms with Gasteiger partial charge in [0, 0.05) is 31.0 Å². The molecular weight excluding hydrogens is 378 g/mol. The lowest BCUT2D eigenvalue weighted by molar-refractivity contribution is 0.0690. The third-order valence-electron chi connectivity index (χ3n) is 6.00. The Morgan fingerprint density at radius 2 is 1.87 bits per heavy atom. The van der Waals surface area contributed by atoms with Crippen LogP contribution in [0.3, 0.4) is 0 Å². The lowest BCUT2D eigenvalue weighted by Crippen LogP contribution is -2.40. The van der Waals surface area contributed by atoms with Crippen molar-refractivity contribution >= 4 is 5.91 Å². The van der Waals surface area contributed by atoms with Gasteiger partial charge in [-0.2, -0.15) is 0 Å². The van der Waals surface area contributed by atoms with Crippen molar-refractivity contribution in [1.82, 2.24) is 34.4 Å². The van der Waals surface area contributed by atoms with E-state index in [2.05, 4.69) is 38.7 Å². The number of rotatable bonds is 5. The van der Waals surface area contributed by atoms with E-state index < -0.39 is 0 Å². The molecule has 8 nitrogen and oxygen atoms in total. The lowest BCUT2D eigenvalue weighted by atomic mass is 9.96. The fraction of sp³-hybridized carbons (Fsp3) is 0.500. The molecule has 1 unspecified atom stereocenters. The van der Waals surface area contributed by atoms with Gasteiger partial charge < -0.3 is 9.47 Å². The Bertz CT molecular complexity index is 1030. The quantitative estimate of drug-likeness (QED) is 0.650. The van der Waals surface area contributed by atoms with Crippen molar-refractivity contribution in [2.24, 2.45) is 0 Å². The van der Waals surface area contributed by atoms with Crippen molar-refractivity contribution in [3.05, 3.63) is 54.1 Å². The molecule has 1 atom stereocenters. The van der Waals surface area contributed by atoms with Gasteiger partial charge in [0.05, 0.1) is 5.69 Å². The first-order chi connectivity index (χ1) is 14.6. The third-order valence-corrected chi connectivity index (χ3v) is 6.00. The standard InChI is InChI=1S/C22H27N7O/c1-15(2)28-14-23-25-21(28)17-7-6-12-27(13-17)22(30)19-24-20(16-10-11-16)29(26-19)18-8-4-3-5-9-18/h3-5,8-9,14-17H,6-7,10-13H2,1-2H3. The normalized spacial score (nSPS) is 19.4. The second-order valence-electron chi connectivity index (χ2n) is 8.60. The molecule has 2 fully saturated rings. The predicted molar refractivity (Wildman–Crippen MR) is 112 cm³/mol. The molecule has 0 bridgehead atoms. The maximum Gasteiger partial charge on any atom is 0.293 e. The number of carbonyl (C=O) groups excluding carboxylic acids is 1. The number of amides is 1. The molecule has 1 saturated heterocycles. The summed E-state index contributed by atoms with van der Waals surface area (Å²) in [5, 5.41) is 13.1. The van der Waals surface area contributed by atoms with Crippen LogP contribution in [-0.4, -0.2) is 53.4 Å². The Labute approximate surface area is 175 Å². The summed E-state index contributed by atoms with van der Waals surface area (Å²) in [6.07, 6.45) is 5.95. The first-order valence-corrected chi connectivity index (χ1v) is 10.8. The largest absolute Gasteiger partial charge is 0.335 e. The van der Waals surface area contributed by atoms with Crippen molar-refractivity contribution < 1.29 is 4.79 Å². The molecule has 0 N–H and O–H groups in total. The molecule has 30 heavy (non-hydrogen) atoms. The molecular formula is C22H27N7O. The van der Waals surface area contributed by atoms with E-state index in [0.717, 1.165) is 49.6 Å². The number of aromatic nitrogens is 6. The van der Waals surface area contributed by atoms with E-state index >= 15 is 0 Å². The van der Waals surface area contributed by atoms with Crippen LogP contribution in [0.4, 0.5) is 0 Å². The molecule has 3 aromatic rings. The Hall–Kier alpha value is -3.03. The molecule has 0 radical (unpaired) electrons. The molecule has 1 saturated carbocycles.